The van der Waals surface area contributed by atoms with E-state index in [1.54, 1.807) is 11.8 Å². The molecule has 2 heterocycles. The standard InChI is InChI=1S/C21H20ClN3O2S/c22-16-3-6-17(7-4-16)28-18-5-2-15-8-9-23-20(19(15)14-18)24-10-1-11-25(13-12-24)21(26)27/h2-9,14H,1,10-13H2,(H,26,27). The molecule has 1 amide bonds. The number of nitrogens with zero attached hydrogens (tertiary/aromatic N) is 3. The largest absolute Gasteiger partial charge is 0.465 e. The van der Waals surface area contributed by atoms with Crippen LogP contribution in [0, 0.1) is 0 Å². The van der Waals surface area contributed by atoms with Gasteiger partial charge >= 0.3 is 6.09 Å². The van der Waals surface area contributed by atoms with Crippen molar-refractivity contribution in [2.75, 3.05) is 31.1 Å². The van der Waals surface area contributed by atoms with Gasteiger partial charge in [-0.15, -0.1) is 0 Å². The van der Waals surface area contributed by atoms with E-state index in [-0.39, 0.29) is 0 Å². The zero-order valence-electron chi connectivity index (χ0n) is 15.2. The lowest BCUT2D eigenvalue weighted by Gasteiger charge is -2.23. The second-order valence-electron chi connectivity index (χ2n) is 6.68. The van der Waals surface area contributed by atoms with Crippen LogP contribution in [0.25, 0.3) is 10.8 Å². The number of carboxylic acid groups (broad SMARTS) is 1. The Kier molecular flexibility index (Phi) is 5.59. The Balaban J connectivity index is 1.63. The van der Waals surface area contributed by atoms with Gasteiger partial charge in [0.2, 0.25) is 0 Å². The summed E-state index contributed by atoms with van der Waals surface area (Å²) in [6.07, 6.45) is 1.77. The number of hydrogen-bond acceptors (Lipinski definition) is 4. The lowest BCUT2D eigenvalue weighted by atomic mass is 10.1. The van der Waals surface area contributed by atoms with Crippen molar-refractivity contribution in [2.45, 2.75) is 16.2 Å². The molecule has 0 spiro atoms. The molecule has 28 heavy (non-hydrogen) atoms. The van der Waals surface area contributed by atoms with Gasteiger partial charge in [-0.05, 0) is 54.3 Å². The molecule has 0 atom stereocenters. The summed E-state index contributed by atoms with van der Waals surface area (Å²) in [5, 5.41) is 12.2. The Morgan fingerprint density at radius 3 is 2.57 bits per heavy atom. The molecule has 0 aliphatic carbocycles. The highest BCUT2D eigenvalue weighted by Crippen LogP contribution is 2.33. The summed E-state index contributed by atoms with van der Waals surface area (Å²) in [7, 11) is 0. The summed E-state index contributed by atoms with van der Waals surface area (Å²) >= 11 is 7.66. The fraction of sp³-hybridized carbons (Fsp3) is 0.238. The summed E-state index contributed by atoms with van der Waals surface area (Å²) in [5.41, 5.74) is 0. The molecule has 2 aromatic carbocycles. The van der Waals surface area contributed by atoms with Crippen molar-refractivity contribution >= 4 is 46.0 Å². The van der Waals surface area contributed by atoms with Crippen LogP contribution in [0.5, 0.6) is 0 Å². The number of hydrogen-bond donors (Lipinski definition) is 1. The molecule has 1 N–H and O–H groups in total. The topological polar surface area (TPSA) is 56.7 Å². The number of amides is 1. The third-order valence-corrected chi connectivity index (χ3v) is 6.08. The molecule has 1 aromatic heterocycles. The maximum absolute atomic E-state index is 11.3. The second kappa shape index (κ2) is 8.29. The molecular weight excluding hydrogens is 394 g/mol. The SMILES string of the molecule is O=C(O)N1CCCN(c2nccc3ccc(Sc4ccc(Cl)cc4)cc23)CC1. The maximum atomic E-state index is 11.3. The van der Waals surface area contributed by atoms with Crippen LogP contribution >= 0.6 is 23.4 Å². The van der Waals surface area contributed by atoms with E-state index in [0.717, 1.165) is 44.4 Å². The Morgan fingerprint density at radius 2 is 1.79 bits per heavy atom. The third kappa shape index (κ3) is 4.18. The van der Waals surface area contributed by atoms with E-state index in [4.69, 9.17) is 11.6 Å². The minimum absolute atomic E-state index is 0.493. The minimum Gasteiger partial charge on any atom is -0.465 e. The number of carbonyl (C=O) groups is 1. The van der Waals surface area contributed by atoms with Gasteiger partial charge in [0.25, 0.3) is 0 Å². The molecule has 4 rings (SSSR count). The van der Waals surface area contributed by atoms with Crippen molar-refractivity contribution in [1.82, 2.24) is 9.88 Å². The van der Waals surface area contributed by atoms with Crippen LogP contribution in [0.3, 0.4) is 0 Å². The number of rotatable bonds is 3. The molecule has 0 radical (unpaired) electrons. The number of halogens is 1. The first-order chi connectivity index (χ1) is 13.6. The molecule has 0 unspecified atom stereocenters. The molecule has 1 saturated heterocycles. The predicted molar refractivity (Wildman–Crippen MR) is 114 cm³/mol. The van der Waals surface area contributed by atoms with Crippen molar-refractivity contribution in [1.29, 1.82) is 0 Å². The Labute approximate surface area is 172 Å². The molecule has 1 aliphatic rings. The molecule has 5 nitrogen and oxygen atoms in total. The van der Waals surface area contributed by atoms with Gasteiger partial charge in [-0.1, -0.05) is 29.4 Å². The second-order valence-corrected chi connectivity index (χ2v) is 8.27. The number of benzene rings is 2. The van der Waals surface area contributed by atoms with Crippen LogP contribution in [-0.2, 0) is 0 Å². The van der Waals surface area contributed by atoms with Gasteiger partial charge in [0.1, 0.15) is 5.82 Å². The van der Waals surface area contributed by atoms with Crippen molar-refractivity contribution in [3.05, 3.63) is 59.8 Å². The Bertz CT molecular complexity index is 997. The normalized spacial score (nSPS) is 14.9. The quantitative estimate of drug-likeness (QED) is 0.637. The van der Waals surface area contributed by atoms with Crippen molar-refractivity contribution < 1.29 is 9.90 Å². The van der Waals surface area contributed by atoms with E-state index in [1.165, 1.54) is 4.90 Å². The van der Waals surface area contributed by atoms with Crippen LogP contribution in [0.1, 0.15) is 6.42 Å². The number of anilines is 1. The molecule has 0 saturated carbocycles. The number of pyridine rings is 1. The highest BCUT2D eigenvalue weighted by Gasteiger charge is 2.20. The molecule has 3 aromatic rings. The number of aromatic nitrogens is 1. The van der Waals surface area contributed by atoms with Gasteiger partial charge in [0.05, 0.1) is 0 Å². The lowest BCUT2D eigenvalue weighted by molar-refractivity contribution is 0.148. The van der Waals surface area contributed by atoms with Crippen LogP contribution < -0.4 is 4.90 Å². The van der Waals surface area contributed by atoms with Gasteiger partial charge in [-0.2, -0.15) is 0 Å². The van der Waals surface area contributed by atoms with Crippen molar-refractivity contribution in [2.24, 2.45) is 0 Å². The maximum Gasteiger partial charge on any atom is 0.407 e. The van der Waals surface area contributed by atoms with E-state index in [0.29, 0.717) is 19.6 Å². The van der Waals surface area contributed by atoms with Gasteiger partial charge in [0.15, 0.2) is 0 Å². The smallest absolute Gasteiger partial charge is 0.407 e. The average molecular weight is 414 g/mol. The van der Waals surface area contributed by atoms with Gasteiger partial charge in [-0.3, -0.25) is 0 Å². The van der Waals surface area contributed by atoms with Crippen LogP contribution in [-0.4, -0.2) is 47.3 Å². The van der Waals surface area contributed by atoms with Crippen LogP contribution in [0.15, 0.2) is 64.5 Å². The van der Waals surface area contributed by atoms with Crippen LogP contribution in [0.4, 0.5) is 10.6 Å². The molecule has 7 heteroatoms. The number of fused-ring (bicyclic) bond motifs is 1. The zero-order chi connectivity index (χ0) is 19.5. The first kappa shape index (κ1) is 18.9. The summed E-state index contributed by atoms with van der Waals surface area (Å²) in [5.74, 6) is 0.920. The van der Waals surface area contributed by atoms with E-state index >= 15 is 0 Å². The highest BCUT2D eigenvalue weighted by atomic mass is 35.5. The van der Waals surface area contributed by atoms with Gasteiger partial charge in [-0.25, -0.2) is 9.78 Å². The monoisotopic (exact) mass is 413 g/mol. The third-order valence-electron chi connectivity index (χ3n) is 4.83. The first-order valence-electron chi connectivity index (χ1n) is 9.15. The Morgan fingerprint density at radius 1 is 1.00 bits per heavy atom. The molecule has 1 fully saturated rings. The minimum atomic E-state index is -0.852. The predicted octanol–water partition coefficient (Wildman–Crippen LogP) is 5.23. The van der Waals surface area contributed by atoms with E-state index in [1.807, 2.05) is 36.5 Å². The van der Waals surface area contributed by atoms with Crippen molar-refractivity contribution in [3.63, 3.8) is 0 Å². The summed E-state index contributed by atoms with van der Waals surface area (Å²) in [6.45, 7) is 2.50. The fourth-order valence-corrected chi connectivity index (χ4v) is 4.39. The van der Waals surface area contributed by atoms with Gasteiger partial charge < -0.3 is 14.9 Å². The summed E-state index contributed by atoms with van der Waals surface area (Å²) in [6, 6.07) is 16.2. The van der Waals surface area contributed by atoms with E-state index in [2.05, 4.69) is 28.1 Å². The highest BCUT2D eigenvalue weighted by molar-refractivity contribution is 7.99. The Hall–Kier alpha value is -2.44. The van der Waals surface area contributed by atoms with E-state index < -0.39 is 6.09 Å². The molecule has 144 valence electrons. The summed E-state index contributed by atoms with van der Waals surface area (Å²) < 4.78 is 0. The zero-order valence-corrected chi connectivity index (χ0v) is 16.8. The van der Waals surface area contributed by atoms with E-state index in [9.17, 15) is 9.90 Å². The molecular formula is C21H20ClN3O2S. The summed E-state index contributed by atoms with van der Waals surface area (Å²) in [4.78, 5) is 21.8. The first-order valence-corrected chi connectivity index (χ1v) is 10.3. The molecule has 0 bridgehead atoms. The van der Waals surface area contributed by atoms with Gasteiger partial charge in [0, 0.05) is 52.6 Å². The van der Waals surface area contributed by atoms with Crippen LogP contribution in [0.2, 0.25) is 5.02 Å². The lowest BCUT2D eigenvalue weighted by Crippen LogP contribution is -2.34. The molecule has 1 aliphatic heterocycles. The average Bonchev–Trinajstić information content (AvgIpc) is 2.96. The van der Waals surface area contributed by atoms with Crippen molar-refractivity contribution in [3.8, 4) is 0 Å². The fourth-order valence-electron chi connectivity index (χ4n) is 3.41.